The predicted octanol–water partition coefficient (Wildman–Crippen LogP) is 5.13. The number of aryl methyl sites for hydroxylation is 1. The number of nitrogens with zero attached hydrogens (tertiary/aromatic N) is 1. The van der Waals surface area contributed by atoms with Crippen molar-refractivity contribution in [1.82, 2.24) is 4.98 Å². The lowest BCUT2D eigenvalue weighted by Gasteiger charge is -2.26. The molecular weight excluding hydrogens is 286 g/mol. The van der Waals surface area contributed by atoms with Gasteiger partial charge >= 0.3 is 0 Å². The van der Waals surface area contributed by atoms with E-state index >= 15 is 0 Å². The third-order valence-electron chi connectivity index (χ3n) is 4.98. The first-order valence-corrected chi connectivity index (χ1v) is 9.60. The van der Waals surface area contributed by atoms with Crippen molar-refractivity contribution in [2.75, 3.05) is 0 Å². The Bertz CT molecular complexity index is 663. The van der Waals surface area contributed by atoms with Gasteiger partial charge in [0.25, 0.3) is 0 Å². The molecule has 0 radical (unpaired) electrons. The fraction of sp³-hybridized carbons (Fsp3) is 0.450. The van der Waals surface area contributed by atoms with Crippen LogP contribution in [0.2, 0.25) is 0 Å². The number of fused-ring (bicyclic) bond motifs is 3. The van der Waals surface area contributed by atoms with Crippen molar-refractivity contribution in [3.05, 3.63) is 58.3 Å². The maximum Gasteiger partial charge on any atom is 0.100 e. The standard InChI is InChI=1S/C20H23NS/c1-2-8-15(9-3-1)14-22-20-18-12-5-4-10-16(18)17-11-6-7-13-19(17)21-20/h1-3,8-9H,4-7,10-14H2. The first-order chi connectivity index (χ1) is 10.9. The van der Waals surface area contributed by atoms with Gasteiger partial charge in [-0.25, -0.2) is 4.98 Å². The van der Waals surface area contributed by atoms with Gasteiger partial charge in [0.2, 0.25) is 0 Å². The topological polar surface area (TPSA) is 12.9 Å². The molecule has 4 rings (SSSR count). The van der Waals surface area contributed by atoms with Gasteiger partial charge in [-0.05, 0) is 73.6 Å². The average molecular weight is 309 g/mol. The molecule has 0 bridgehead atoms. The fourth-order valence-corrected chi connectivity index (χ4v) is 4.92. The molecule has 22 heavy (non-hydrogen) atoms. The molecular formula is C20H23NS. The molecule has 1 aromatic carbocycles. The van der Waals surface area contributed by atoms with Crippen LogP contribution in [0.1, 0.15) is 53.6 Å². The molecule has 0 fully saturated rings. The van der Waals surface area contributed by atoms with E-state index in [1.807, 2.05) is 11.8 Å². The second-order valence-electron chi connectivity index (χ2n) is 6.49. The molecule has 1 heterocycles. The quantitative estimate of drug-likeness (QED) is 0.729. The largest absolute Gasteiger partial charge is 0.246 e. The zero-order valence-electron chi connectivity index (χ0n) is 13.1. The van der Waals surface area contributed by atoms with Gasteiger partial charge in [-0.2, -0.15) is 0 Å². The molecule has 2 aliphatic rings. The molecule has 0 aliphatic heterocycles. The minimum Gasteiger partial charge on any atom is -0.246 e. The normalized spacial score (nSPS) is 16.9. The van der Waals surface area contributed by atoms with Gasteiger partial charge in [-0.15, -0.1) is 11.8 Å². The van der Waals surface area contributed by atoms with E-state index in [1.54, 1.807) is 16.7 Å². The van der Waals surface area contributed by atoms with E-state index < -0.39 is 0 Å². The van der Waals surface area contributed by atoms with Crippen LogP contribution < -0.4 is 0 Å². The summed E-state index contributed by atoms with van der Waals surface area (Å²) in [7, 11) is 0. The summed E-state index contributed by atoms with van der Waals surface area (Å²) in [6.07, 6.45) is 10.4. The van der Waals surface area contributed by atoms with Gasteiger partial charge in [-0.3, -0.25) is 0 Å². The highest BCUT2D eigenvalue weighted by molar-refractivity contribution is 7.98. The van der Waals surface area contributed by atoms with Gasteiger partial charge in [-0.1, -0.05) is 30.3 Å². The number of hydrogen-bond acceptors (Lipinski definition) is 2. The Kier molecular flexibility index (Phi) is 4.20. The Labute approximate surface area is 137 Å². The highest BCUT2D eigenvalue weighted by Gasteiger charge is 2.23. The SMILES string of the molecule is c1ccc(CSc2nc3c(c4c2CCCC4)CCCC3)cc1. The van der Waals surface area contributed by atoms with Gasteiger partial charge in [0.1, 0.15) is 5.03 Å². The molecule has 2 aliphatic carbocycles. The number of benzene rings is 1. The van der Waals surface area contributed by atoms with Crippen molar-refractivity contribution in [2.45, 2.75) is 62.1 Å². The smallest absolute Gasteiger partial charge is 0.100 e. The Morgan fingerprint density at radius 2 is 1.45 bits per heavy atom. The van der Waals surface area contributed by atoms with E-state index in [0.29, 0.717) is 0 Å². The minimum atomic E-state index is 1.04. The lowest BCUT2D eigenvalue weighted by molar-refractivity contribution is 0.610. The number of thioether (sulfide) groups is 1. The van der Waals surface area contributed by atoms with Crippen LogP contribution >= 0.6 is 11.8 Å². The van der Waals surface area contributed by atoms with Crippen LogP contribution in [-0.4, -0.2) is 4.98 Å². The second kappa shape index (κ2) is 6.45. The summed E-state index contributed by atoms with van der Waals surface area (Å²) in [5.41, 5.74) is 7.73. The average Bonchev–Trinajstić information content (AvgIpc) is 2.60. The summed E-state index contributed by atoms with van der Waals surface area (Å²) in [4.78, 5) is 5.10. The van der Waals surface area contributed by atoms with Gasteiger partial charge in [0.05, 0.1) is 0 Å². The molecule has 0 unspecified atom stereocenters. The first kappa shape index (κ1) is 14.3. The molecule has 2 aromatic rings. The molecule has 1 nitrogen and oxygen atoms in total. The lowest BCUT2D eigenvalue weighted by atomic mass is 9.84. The lowest BCUT2D eigenvalue weighted by Crippen LogP contribution is -2.16. The molecule has 0 atom stereocenters. The summed E-state index contributed by atoms with van der Waals surface area (Å²) in [6, 6.07) is 10.8. The van der Waals surface area contributed by atoms with E-state index in [2.05, 4.69) is 30.3 Å². The second-order valence-corrected chi connectivity index (χ2v) is 7.45. The molecule has 0 saturated heterocycles. The molecule has 0 amide bonds. The van der Waals surface area contributed by atoms with Crippen LogP contribution in [0.5, 0.6) is 0 Å². The van der Waals surface area contributed by atoms with Crippen LogP contribution in [0, 0.1) is 0 Å². The highest BCUT2D eigenvalue weighted by atomic mass is 32.2. The van der Waals surface area contributed by atoms with E-state index in [0.717, 1.165) is 5.75 Å². The Morgan fingerprint density at radius 1 is 0.773 bits per heavy atom. The number of pyridine rings is 1. The van der Waals surface area contributed by atoms with Crippen molar-refractivity contribution in [2.24, 2.45) is 0 Å². The minimum absolute atomic E-state index is 1.04. The first-order valence-electron chi connectivity index (χ1n) is 8.62. The maximum absolute atomic E-state index is 5.10. The number of rotatable bonds is 3. The summed E-state index contributed by atoms with van der Waals surface area (Å²) < 4.78 is 0. The van der Waals surface area contributed by atoms with Gasteiger partial charge in [0, 0.05) is 11.4 Å². The molecule has 1 aromatic heterocycles. The molecule has 0 spiro atoms. The van der Waals surface area contributed by atoms with E-state index in [-0.39, 0.29) is 0 Å². The van der Waals surface area contributed by atoms with Gasteiger partial charge in [0.15, 0.2) is 0 Å². The Balaban J connectivity index is 1.66. The zero-order valence-corrected chi connectivity index (χ0v) is 13.9. The zero-order chi connectivity index (χ0) is 14.8. The van der Waals surface area contributed by atoms with Gasteiger partial charge < -0.3 is 0 Å². The third-order valence-corrected chi connectivity index (χ3v) is 6.07. The summed E-state index contributed by atoms with van der Waals surface area (Å²) in [6.45, 7) is 0. The molecule has 114 valence electrons. The summed E-state index contributed by atoms with van der Waals surface area (Å²) >= 11 is 1.95. The predicted molar refractivity (Wildman–Crippen MR) is 93.5 cm³/mol. The third kappa shape index (κ3) is 2.81. The van der Waals surface area contributed by atoms with Crippen molar-refractivity contribution < 1.29 is 0 Å². The van der Waals surface area contributed by atoms with Crippen LogP contribution in [-0.2, 0) is 31.4 Å². The number of hydrogen-bond donors (Lipinski definition) is 0. The van der Waals surface area contributed by atoms with Crippen LogP contribution in [0.4, 0.5) is 0 Å². The van der Waals surface area contributed by atoms with E-state index in [4.69, 9.17) is 4.98 Å². The van der Waals surface area contributed by atoms with Crippen molar-refractivity contribution in [3.8, 4) is 0 Å². The summed E-state index contributed by atoms with van der Waals surface area (Å²) in [5, 5.41) is 1.33. The fourth-order valence-electron chi connectivity index (χ4n) is 3.85. The molecule has 0 saturated carbocycles. The molecule has 2 heteroatoms. The highest BCUT2D eigenvalue weighted by Crippen LogP contribution is 2.37. The van der Waals surface area contributed by atoms with E-state index in [9.17, 15) is 0 Å². The Morgan fingerprint density at radius 3 is 2.27 bits per heavy atom. The van der Waals surface area contributed by atoms with Crippen LogP contribution in [0.25, 0.3) is 0 Å². The Hall–Kier alpha value is -1.28. The number of aromatic nitrogens is 1. The van der Waals surface area contributed by atoms with Crippen molar-refractivity contribution >= 4 is 11.8 Å². The molecule has 0 N–H and O–H groups in total. The van der Waals surface area contributed by atoms with Crippen molar-refractivity contribution in [3.63, 3.8) is 0 Å². The summed E-state index contributed by atoms with van der Waals surface area (Å²) in [5.74, 6) is 1.04. The van der Waals surface area contributed by atoms with Crippen molar-refractivity contribution in [1.29, 1.82) is 0 Å². The maximum atomic E-state index is 5.10. The van der Waals surface area contributed by atoms with Crippen LogP contribution in [0.15, 0.2) is 35.4 Å². The van der Waals surface area contributed by atoms with E-state index in [1.165, 1.54) is 67.6 Å². The van der Waals surface area contributed by atoms with Crippen LogP contribution in [0.3, 0.4) is 0 Å². The monoisotopic (exact) mass is 309 g/mol.